The molecule has 4 rings (SSSR count). The molecule has 3 heterocycles. The molecule has 1 aromatic carbocycles. The largest absolute Gasteiger partial charge is 0.356 e. The number of hydrogen-bond acceptors (Lipinski definition) is 5. The first-order valence-electron chi connectivity index (χ1n) is 12.4. The summed E-state index contributed by atoms with van der Waals surface area (Å²) in [5.74, 6) is 1.76. The molecule has 1 amide bonds. The Morgan fingerprint density at radius 2 is 1.88 bits per heavy atom. The van der Waals surface area contributed by atoms with E-state index in [1.54, 1.807) is 6.34 Å². The lowest BCUT2D eigenvalue weighted by Gasteiger charge is -2.39. The standard InChI is InChI=1S/C26H38ClN5O/c1-19-5-4-12-28-18-29-23(17-19)31-13-15-32(16-14-31)25(33)24(20-6-8-21(27)9-7-20)22-10-11-26(2,3)30-22/h6-9,18-19,22,24,30H,4-5,10-17H2,1-3H3. The Morgan fingerprint density at radius 1 is 1.15 bits per heavy atom. The fraction of sp³-hybridized carbons (Fsp3) is 0.654. The smallest absolute Gasteiger partial charge is 0.231 e. The van der Waals surface area contributed by atoms with Crippen LogP contribution in [0, 0.1) is 5.92 Å². The molecule has 0 radical (unpaired) electrons. The van der Waals surface area contributed by atoms with Gasteiger partial charge in [-0.05, 0) is 63.1 Å². The van der Waals surface area contributed by atoms with Crippen LogP contribution < -0.4 is 5.32 Å². The molecule has 1 aromatic rings. The summed E-state index contributed by atoms with van der Waals surface area (Å²) in [6.45, 7) is 10.7. The number of amides is 1. The Morgan fingerprint density at radius 3 is 2.55 bits per heavy atom. The van der Waals surface area contributed by atoms with Crippen molar-refractivity contribution < 1.29 is 4.79 Å². The van der Waals surface area contributed by atoms with Crippen LogP contribution in [-0.4, -0.2) is 72.2 Å². The van der Waals surface area contributed by atoms with Gasteiger partial charge in [0.2, 0.25) is 5.91 Å². The average Bonchev–Trinajstić information content (AvgIpc) is 3.20. The fourth-order valence-electron chi connectivity index (χ4n) is 5.38. The molecule has 3 aliphatic heterocycles. The third-order valence-corrected chi connectivity index (χ3v) is 7.57. The molecule has 0 saturated carbocycles. The van der Waals surface area contributed by atoms with Crippen LogP contribution in [0.5, 0.6) is 0 Å². The van der Waals surface area contributed by atoms with Gasteiger partial charge in [0.1, 0.15) is 12.2 Å². The summed E-state index contributed by atoms with van der Waals surface area (Å²) in [6, 6.07) is 7.96. The molecule has 2 fully saturated rings. The van der Waals surface area contributed by atoms with Crippen LogP contribution >= 0.6 is 11.6 Å². The lowest BCUT2D eigenvalue weighted by molar-refractivity contribution is -0.134. The Kier molecular flexibility index (Phi) is 7.75. The first-order valence-corrected chi connectivity index (χ1v) is 12.8. The summed E-state index contributed by atoms with van der Waals surface area (Å²) in [7, 11) is 0. The maximum Gasteiger partial charge on any atom is 0.231 e. The topological polar surface area (TPSA) is 60.3 Å². The highest BCUT2D eigenvalue weighted by molar-refractivity contribution is 6.30. The molecular formula is C26H38ClN5O. The van der Waals surface area contributed by atoms with Crippen LogP contribution in [0.1, 0.15) is 64.4 Å². The minimum absolute atomic E-state index is 0.0572. The highest BCUT2D eigenvalue weighted by atomic mass is 35.5. The maximum absolute atomic E-state index is 13.8. The van der Waals surface area contributed by atoms with Crippen molar-refractivity contribution in [2.24, 2.45) is 15.9 Å². The molecule has 3 aliphatic rings. The van der Waals surface area contributed by atoms with E-state index in [4.69, 9.17) is 11.6 Å². The molecule has 1 N–H and O–H groups in total. The van der Waals surface area contributed by atoms with Gasteiger partial charge in [-0.15, -0.1) is 0 Å². The molecule has 33 heavy (non-hydrogen) atoms. The third kappa shape index (κ3) is 6.15. The second-order valence-electron chi connectivity index (χ2n) is 10.5. The summed E-state index contributed by atoms with van der Waals surface area (Å²) < 4.78 is 0. The minimum Gasteiger partial charge on any atom is -0.356 e. The minimum atomic E-state index is -0.190. The van der Waals surface area contributed by atoms with Crippen molar-refractivity contribution in [3.63, 3.8) is 0 Å². The van der Waals surface area contributed by atoms with Gasteiger partial charge in [0, 0.05) is 55.7 Å². The van der Waals surface area contributed by atoms with E-state index in [0.29, 0.717) is 10.9 Å². The highest BCUT2D eigenvalue weighted by Crippen LogP contribution is 2.34. The quantitative estimate of drug-likeness (QED) is 0.713. The summed E-state index contributed by atoms with van der Waals surface area (Å²) in [6.07, 6.45) is 7.09. The van der Waals surface area contributed by atoms with E-state index in [0.717, 1.165) is 69.8 Å². The van der Waals surface area contributed by atoms with Gasteiger partial charge >= 0.3 is 0 Å². The van der Waals surface area contributed by atoms with E-state index < -0.39 is 0 Å². The van der Waals surface area contributed by atoms with Crippen molar-refractivity contribution in [1.29, 1.82) is 0 Å². The first-order chi connectivity index (χ1) is 15.8. The lowest BCUT2D eigenvalue weighted by atomic mass is 9.88. The number of carbonyl (C=O) groups excluding carboxylic acids is 1. The van der Waals surface area contributed by atoms with E-state index in [1.165, 1.54) is 6.42 Å². The van der Waals surface area contributed by atoms with Crippen molar-refractivity contribution in [2.75, 3.05) is 32.7 Å². The van der Waals surface area contributed by atoms with Crippen LogP contribution in [0.15, 0.2) is 34.3 Å². The maximum atomic E-state index is 13.8. The molecule has 7 heteroatoms. The van der Waals surface area contributed by atoms with Gasteiger partial charge in [-0.1, -0.05) is 30.7 Å². The molecular weight excluding hydrogens is 434 g/mol. The number of nitrogens with zero attached hydrogens (tertiary/aromatic N) is 4. The average molecular weight is 472 g/mol. The Labute approximate surface area is 203 Å². The molecule has 6 nitrogen and oxygen atoms in total. The van der Waals surface area contributed by atoms with Crippen molar-refractivity contribution in [2.45, 2.75) is 70.4 Å². The second kappa shape index (κ2) is 10.6. The number of aliphatic imine (C=N–C) groups is 2. The predicted octanol–water partition coefficient (Wildman–Crippen LogP) is 4.35. The van der Waals surface area contributed by atoms with Crippen molar-refractivity contribution in [1.82, 2.24) is 15.1 Å². The second-order valence-corrected chi connectivity index (χ2v) is 11.0. The summed E-state index contributed by atoms with van der Waals surface area (Å²) in [5, 5.41) is 4.42. The lowest BCUT2D eigenvalue weighted by Crippen LogP contribution is -2.54. The molecule has 2 saturated heterocycles. The molecule has 3 unspecified atom stereocenters. The number of rotatable bonds is 3. The third-order valence-electron chi connectivity index (χ3n) is 7.31. The number of halogens is 1. The van der Waals surface area contributed by atoms with E-state index >= 15 is 0 Å². The van der Waals surface area contributed by atoms with Crippen LogP contribution in [0.2, 0.25) is 5.02 Å². The molecule has 180 valence electrons. The molecule has 0 spiro atoms. The molecule has 0 aromatic heterocycles. The van der Waals surface area contributed by atoms with Crippen LogP contribution in [-0.2, 0) is 4.79 Å². The zero-order chi connectivity index (χ0) is 23.4. The zero-order valence-corrected chi connectivity index (χ0v) is 21.0. The summed E-state index contributed by atoms with van der Waals surface area (Å²) in [5.41, 5.74) is 1.11. The van der Waals surface area contributed by atoms with Gasteiger partial charge < -0.3 is 15.1 Å². The molecule has 3 atom stereocenters. The molecule has 0 bridgehead atoms. The fourth-order valence-corrected chi connectivity index (χ4v) is 5.51. The zero-order valence-electron chi connectivity index (χ0n) is 20.3. The van der Waals surface area contributed by atoms with Gasteiger partial charge in [-0.2, -0.15) is 0 Å². The van der Waals surface area contributed by atoms with E-state index in [1.807, 2.05) is 24.3 Å². The van der Waals surface area contributed by atoms with Gasteiger partial charge in [0.15, 0.2) is 0 Å². The number of carbonyl (C=O) groups is 1. The van der Waals surface area contributed by atoms with E-state index in [2.05, 4.69) is 45.9 Å². The predicted molar refractivity (Wildman–Crippen MR) is 136 cm³/mol. The number of amidine groups is 1. The number of nitrogens with one attached hydrogen (secondary N) is 1. The van der Waals surface area contributed by atoms with Gasteiger partial charge in [-0.25, -0.2) is 4.99 Å². The van der Waals surface area contributed by atoms with Crippen LogP contribution in [0.4, 0.5) is 0 Å². The first kappa shape index (κ1) is 24.2. The Bertz CT molecular complexity index is 873. The van der Waals surface area contributed by atoms with E-state index in [-0.39, 0.29) is 23.4 Å². The van der Waals surface area contributed by atoms with Gasteiger partial charge in [0.05, 0.1) is 5.92 Å². The van der Waals surface area contributed by atoms with E-state index in [9.17, 15) is 4.79 Å². The normalized spacial score (nSPS) is 26.8. The number of piperazine rings is 1. The summed E-state index contributed by atoms with van der Waals surface area (Å²) in [4.78, 5) is 27.3. The number of benzene rings is 1. The van der Waals surface area contributed by atoms with Crippen molar-refractivity contribution >= 4 is 29.7 Å². The highest BCUT2D eigenvalue weighted by Gasteiger charge is 2.40. The number of hydrogen-bond donors (Lipinski definition) is 1. The summed E-state index contributed by atoms with van der Waals surface area (Å²) >= 11 is 6.14. The Hall–Kier alpha value is -1.92. The van der Waals surface area contributed by atoms with Gasteiger partial charge in [-0.3, -0.25) is 9.79 Å². The van der Waals surface area contributed by atoms with Gasteiger partial charge in [0.25, 0.3) is 0 Å². The van der Waals surface area contributed by atoms with Crippen molar-refractivity contribution in [3.8, 4) is 0 Å². The SMILES string of the molecule is CC1CCCN=CN=C(N2CCN(C(=O)C(c3ccc(Cl)cc3)C3CCC(C)(C)N3)CC2)C1. The van der Waals surface area contributed by atoms with Crippen LogP contribution in [0.25, 0.3) is 0 Å². The van der Waals surface area contributed by atoms with Crippen molar-refractivity contribution in [3.05, 3.63) is 34.9 Å². The monoisotopic (exact) mass is 471 g/mol. The molecule has 0 aliphatic carbocycles. The Balaban J connectivity index is 1.46. The van der Waals surface area contributed by atoms with Crippen LogP contribution in [0.3, 0.4) is 0 Å².